The Labute approximate surface area is 467 Å². The van der Waals surface area contributed by atoms with Gasteiger partial charge in [-0.1, -0.05) is 238 Å². The van der Waals surface area contributed by atoms with Crippen molar-refractivity contribution in [1.82, 2.24) is 0 Å². The largest absolute Gasteiger partial charge is 0.756 e. The average molecular weight is 1080 g/mol. The summed E-state index contributed by atoms with van der Waals surface area (Å²) < 4.78 is 34.0. The number of quaternary nitrogens is 1. The maximum atomic E-state index is 12.8. The second-order valence-electron chi connectivity index (χ2n) is 21.0. The molecule has 0 aliphatic heterocycles. The van der Waals surface area contributed by atoms with Gasteiger partial charge < -0.3 is 27.9 Å². The van der Waals surface area contributed by atoms with Crippen LogP contribution in [0.2, 0.25) is 0 Å². The molecule has 0 heterocycles. The number of hydrogen-bond acceptors (Lipinski definition) is 8. The molecule has 0 aromatic heterocycles. The first kappa shape index (κ1) is 72.4. The quantitative estimate of drug-likeness (QED) is 0.0195. The molecule has 0 radical (unpaired) electrons. The molecule has 434 valence electrons. The molecule has 0 aromatic rings. The number of phosphoric acid groups is 1. The van der Waals surface area contributed by atoms with Gasteiger partial charge in [-0.05, 0) is 103 Å². The van der Waals surface area contributed by atoms with E-state index in [0.29, 0.717) is 23.9 Å². The fourth-order valence-corrected chi connectivity index (χ4v) is 8.53. The lowest BCUT2D eigenvalue weighted by atomic mass is 10.0. The third-order valence-corrected chi connectivity index (χ3v) is 13.4. The first-order valence-electron chi connectivity index (χ1n) is 30.2. The molecule has 0 amide bonds. The zero-order valence-electron chi connectivity index (χ0n) is 49.2. The minimum absolute atomic E-state index is 0.0364. The molecule has 0 bridgehead atoms. The van der Waals surface area contributed by atoms with Crippen molar-refractivity contribution in [3.63, 3.8) is 0 Å². The SMILES string of the molecule is CC/C=C\C/C=C\C/C=C\C/C=C\C/C=C\C/C=C\C/C=C\C/C=C\C/C=C\CCCCCCCCCCCCCCCC(=O)OC(COC(=O)CCCCCCC/C=C\CCCC)COP(=O)([O-])OCC[N+](C)(C)C. The van der Waals surface area contributed by atoms with E-state index in [2.05, 4.69) is 135 Å². The van der Waals surface area contributed by atoms with Crippen molar-refractivity contribution < 1.29 is 42.1 Å². The molecule has 0 aliphatic rings. The van der Waals surface area contributed by atoms with Crippen LogP contribution in [0.1, 0.15) is 232 Å². The van der Waals surface area contributed by atoms with Crippen LogP contribution < -0.4 is 4.89 Å². The predicted octanol–water partition coefficient (Wildman–Crippen LogP) is 18.5. The first-order chi connectivity index (χ1) is 37.0. The first-order valence-corrected chi connectivity index (χ1v) is 31.7. The van der Waals surface area contributed by atoms with Gasteiger partial charge in [-0.3, -0.25) is 14.2 Å². The number of nitrogens with zero attached hydrogens (tertiary/aromatic N) is 1. The molecule has 0 spiro atoms. The molecule has 10 heteroatoms. The standard InChI is InChI=1S/C66H112NO8P/c1-6-8-10-12-14-16-18-19-20-21-22-23-24-25-26-27-28-29-30-31-32-33-34-35-36-37-38-39-40-41-42-43-44-45-46-47-49-51-53-55-57-59-66(69)75-64(63-74-76(70,71)73-61-60-67(3,4)5)62-72-65(68)58-56-54-52-50-48-17-15-13-11-9-7-2/h8,10,13-16,19-20,22-23,25-26,28-29,31-32,34-35,37-38,64H,6-7,9,11-12,17-18,21,24,27,30,33,36,39-63H2,1-5H3/b10-8-,15-13-,16-14-,20-19-,23-22-,26-25-,29-28-,32-31-,35-34-,38-37-. The van der Waals surface area contributed by atoms with E-state index in [1.807, 2.05) is 21.1 Å². The van der Waals surface area contributed by atoms with E-state index < -0.39 is 32.5 Å². The summed E-state index contributed by atoms with van der Waals surface area (Å²) in [7, 11) is 1.15. The molecular formula is C66H112NO8P. The van der Waals surface area contributed by atoms with E-state index in [-0.39, 0.29) is 26.1 Å². The summed E-state index contributed by atoms with van der Waals surface area (Å²) in [5, 5.41) is 0. The van der Waals surface area contributed by atoms with Gasteiger partial charge in [-0.25, -0.2) is 0 Å². The van der Waals surface area contributed by atoms with Crippen LogP contribution in [0.4, 0.5) is 0 Å². The minimum Gasteiger partial charge on any atom is -0.756 e. The topological polar surface area (TPSA) is 111 Å². The third-order valence-electron chi connectivity index (χ3n) is 12.5. The van der Waals surface area contributed by atoms with Gasteiger partial charge in [-0.15, -0.1) is 0 Å². The molecule has 0 N–H and O–H groups in total. The molecule has 2 atom stereocenters. The van der Waals surface area contributed by atoms with Gasteiger partial charge in [0.2, 0.25) is 0 Å². The molecular weight excluding hydrogens is 966 g/mol. The van der Waals surface area contributed by atoms with E-state index in [1.54, 1.807) is 0 Å². The minimum atomic E-state index is -4.64. The number of carbonyl (C=O) groups is 2. The number of rotatable bonds is 54. The fraction of sp³-hybridized carbons (Fsp3) is 0.667. The van der Waals surface area contributed by atoms with Gasteiger partial charge in [0.1, 0.15) is 19.8 Å². The van der Waals surface area contributed by atoms with Crippen molar-refractivity contribution in [2.24, 2.45) is 0 Å². The molecule has 2 unspecified atom stereocenters. The zero-order chi connectivity index (χ0) is 55.6. The Morgan fingerprint density at radius 1 is 0.421 bits per heavy atom. The van der Waals surface area contributed by atoms with Crippen LogP contribution >= 0.6 is 7.82 Å². The maximum absolute atomic E-state index is 12.8. The van der Waals surface area contributed by atoms with Crippen molar-refractivity contribution in [3.8, 4) is 0 Å². The monoisotopic (exact) mass is 1080 g/mol. The summed E-state index contributed by atoms with van der Waals surface area (Å²) in [6.45, 7) is 4.06. The number of likely N-dealkylation sites (N-methyl/N-ethyl adjacent to an activating group) is 1. The Kier molecular flexibility index (Phi) is 53.5. The van der Waals surface area contributed by atoms with Crippen molar-refractivity contribution in [2.45, 2.75) is 238 Å². The van der Waals surface area contributed by atoms with Gasteiger partial charge >= 0.3 is 11.9 Å². The number of hydrogen-bond donors (Lipinski definition) is 0. The van der Waals surface area contributed by atoms with Crippen LogP contribution in [-0.4, -0.2) is 70.0 Å². The number of unbranched alkanes of at least 4 members (excludes halogenated alkanes) is 20. The molecule has 9 nitrogen and oxygen atoms in total. The van der Waals surface area contributed by atoms with Crippen molar-refractivity contribution >= 4 is 19.8 Å². The number of carbonyl (C=O) groups excluding carboxylic acids is 2. The molecule has 76 heavy (non-hydrogen) atoms. The van der Waals surface area contributed by atoms with Gasteiger partial charge in [-0.2, -0.15) is 0 Å². The van der Waals surface area contributed by atoms with E-state index >= 15 is 0 Å². The molecule has 0 fully saturated rings. The van der Waals surface area contributed by atoms with E-state index in [4.69, 9.17) is 18.5 Å². The van der Waals surface area contributed by atoms with E-state index in [1.165, 1.54) is 77.0 Å². The second-order valence-corrected chi connectivity index (χ2v) is 22.4. The van der Waals surface area contributed by atoms with Crippen molar-refractivity contribution in [3.05, 3.63) is 122 Å². The Hall–Kier alpha value is -3.59. The van der Waals surface area contributed by atoms with Crippen LogP contribution in [0.15, 0.2) is 122 Å². The highest BCUT2D eigenvalue weighted by molar-refractivity contribution is 7.45. The Balaban J connectivity index is 4.00. The van der Waals surface area contributed by atoms with Crippen LogP contribution in [-0.2, 0) is 32.7 Å². The third kappa shape index (κ3) is 59.7. The van der Waals surface area contributed by atoms with Crippen molar-refractivity contribution in [2.75, 3.05) is 47.5 Å². The van der Waals surface area contributed by atoms with Crippen LogP contribution in [0.5, 0.6) is 0 Å². The Bertz CT molecular complexity index is 1700. The number of allylic oxidation sites excluding steroid dienone is 20. The maximum Gasteiger partial charge on any atom is 0.306 e. The second kappa shape index (κ2) is 56.1. The van der Waals surface area contributed by atoms with E-state index in [9.17, 15) is 19.0 Å². The molecule has 0 rings (SSSR count). The zero-order valence-corrected chi connectivity index (χ0v) is 50.0. The van der Waals surface area contributed by atoms with Gasteiger partial charge in [0.15, 0.2) is 6.10 Å². The fourth-order valence-electron chi connectivity index (χ4n) is 7.81. The van der Waals surface area contributed by atoms with Crippen LogP contribution in [0.25, 0.3) is 0 Å². The van der Waals surface area contributed by atoms with Gasteiger partial charge in [0, 0.05) is 12.8 Å². The smallest absolute Gasteiger partial charge is 0.306 e. The highest BCUT2D eigenvalue weighted by Gasteiger charge is 2.22. The number of ether oxygens (including phenoxy) is 2. The number of phosphoric ester groups is 1. The summed E-state index contributed by atoms with van der Waals surface area (Å²) in [5.41, 5.74) is 0. The van der Waals surface area contributed by atoms with Crippen LogP contribution in [0.3, 0.4) is 0 Å². The normalized spacial score (nSPS) is 14.1. The molecule has 0 saturated carbocycles. The predicted molar refractivity (Wildman–Crippen MR) is 323 cm³/mol. The molecule has 0 saturated heterocycles. The average Bonchev–Trinajstić information content (AvgIpc) is 3.38. The highest BCUT2D eigenvalue weighted by Crippen LogP contribution is 2.38. The van der Waals surface area contributed by atoms with E-state index in [0.717, 1.165) is 116 Å². The molecule has 0 aromatic carbocycles. The summed E-state index contributed by atoms with van der Waals surface area (Å²) in [5.74, 6) is -0.851. The lowest BCUT2D eigenvalue weighted by Crippen LogP contribution is -2.37. The summed E-state index contributed by atoms with van der Waals surface area (Å²) >= 11 is 0. The number of esters is 2. The molecule has 0 aliphatic carbocycles. The van der Waals surface area contributed by atoms with Gasteiger partial charge in [0.25, 0.3) is 7.82 Å². The Morgan fingerprint density at radius 2 is 0.750 bits per heavy atom. The van der Waals surface area contributed by atoms with Crippen LogP contribution in [0, 0.1) is 0 Å². The lowest BCUT2D eigenvalue weighted by molar-refractivity contribution is -0.870. The van der Waals surface area contributed by atoms with Gasteiger partial charge in [0.05, 0.1) is 27.7 Å². The summed E-state index contributed by atoms with van der Waals surface area (Å²) in [6, 6.07) is 0. The summed E-state index contributed by atoms with van der Waals surface area (Å²) in [4.78, 5) is 37.7. The highest BCUT2D eigenvalue weighted by atomic mass is 31.2. The van der Waals surface area contributed by atoms with Crippen molar-refractivity contribution in [1.29, 1.82) is 0 Å². The Morgan fingerprint density at radius 3 is 1.13 bits per heavy atom. The summed E-state index contributed by atoms with van der Waals surface area (Å²) in [6.07, 6.45) is 79.9. The lowest BCUT2D eigenvalue weighted by Gasteiger charge is -2.28.